The predicted octanol–water partition coefficient (Wildman–Crippen LogP) is 5.43. The van der Waals surface area contributed by atoms with Crippen molar-refractivity contribution in [2.24, 2.45) is 5.10 Å². The summed E-state index contributed by atoms with van der Waals surface area (Å²) in [6, 6.07) is 10.8. The number of hydrogen-bond donors (Lipinski definition) is 0. The van der Waals surface area contributed by atoms with Crippen LogP contribution in [0.15, 0.2) is 50.8 Å². The van der Waals surface area contributed by atoms with Crippen LogP contribution in [0, 0.1) is 0 Å². The summed E-state index contributed by atoms with van der Waals surface area (Å²) in [7, 11) is 1.31. The first-order valence-corrected chi connectivity index (χ1v) is 13.0. The molecule has 0 aliphatic heterocycles. The Morgan fingerprint density at radius 3 is 2.69 bits per heavy atom. The summed E-state index contributed by atoms with van der Waals surface area (Å²) < 4.78 is 18.5. The summed E-state index contributed by atoms with van der Waals surface area (Å²) in [5, 5.41) is 5.11. The van der Waals surface area contributed by atoms with Gasteiger partial charge in [-0.1, -0.05) is 35.2 Å². The molecule has 1 aromatic heterocycles. The molecule has 0 amide bonds. The quantitative estimate of drug-likeness (QED) is 0.272. The molecular weight excluding hydrogens is 526 g/mol. The number of aromatic nitrogens is 2. The standard InChI is InChI=1S/C27H30BrN3O5/c1-4-35-24-14-18(10-13-23(24)36-17(2)27(33)34-3)16-29-31-25(19-8-6-5-7-9-19)30-22-12-11-20(28)15-21(22)26(31)32/h10-17,19H,4-9H2,1-3H3/t17-/m1/s1. The van der Waals surface area contributed by atoms with Crippen LogP contribution in [-0.4, -0.2) is 41.7 Å². The summed E-state index contributed by atoms with van der Waals surface area (Å²) in [4.78, 5) is 30.1. The minimum Gasteiger partial charge on any atom is -0.490 e. The van der Waals surface area contributed by atoms with Gasteiger partial charge in [-0.05, 0) is 68.7 Å². The van der Waals surface area contributed by atoms with Crippen LogP contribution in [0.2, 0.25) is 0 Å². The monoisotopic (exact) mass is 555 g/mol. The van der Waals surface area contributed by atoms with E-state index in [0.717, 1.165) is 30.2 Å². The Morgan fingerprint density at radius 1 is 1.19 bits per heavy atom. The zero-order valence-electron chi connectivity index (χ0n) is 20.7. The highest BCUT2D eigenvalue weighted by Gasteiger charge is 2.23. The van der Waals surface area contributed by atoms with E-state index in [-0.39, 0.29) is 11.5 Å². The molecule has 190 valence electrons. The molecule has 1 atom stereocenters. The van der Waals surface area contributed by atoms with Gasteiger partial charge in [0.25, 0.3) is 5.56 Å². The van der Waals surface area contributed by atoms with E-state index in [0.29, 0.717) is 40.4 Å². The molecule has 0 unspecified atom stereocenters. The molecule has 36 heavy (non-hydrogen) atoms. The van der Waals surface area contributed by atoms with Crippen LogP contribution < -0.4 is 15.0 Å². The topological polar surface area (TPSA) is 92.0 Å². The average molecular weight is 556 g/mol. The van der Waals surface area contributed by atoms with Crippen molar-refractivity contribution in [2.75, 3.05) is 13.7 Å². The molecular formula is C27H30BrN3O5. The van der Waals surface area contributed by atoms with Crippen molar-refractivity contribution in [3.63, 3.8) is 0 Å². The van der Waals surface area contributed by atoms with E-state index in [2.05, 4.69) is 21.0 Å². The minimum atomic E-state index is -0.784. The lowest BCUT2D eigenvalue weighted by molar-refractivity contribution is -0.147. The zero-order valence-corrected chi connectivity index (χ0v) is 22.3. The Hall–Kier alpha value is -3.20. The van der Waals surface area contributed by atoms with E-state index < -0.39 is 12.1 Å². The first-order valence-electron chi connectivity index (χ1n) is 12.2. The highest BCUT2D eigenvalue weighted by molar-refractivity contribution is 9.10. The first kappa shape index (κ1) is 25.9. The number of hydrogen-bond acceptors (Lipinski definition) is 7. The molecule has 0 bridgehead atoms. The van der Waals surface area contributed by atoms with Gasteiger partial charge in [-0.3, -0.25) is 4.79 Å². The molecule has 0 saturated heterocycles. The van der Waals surface area contributed by atoms with Crippen molar-refractivity contribution in [1.29, 1.82) is 0 Å². The Kier molecular flexibility index (Phi) is 8.40. The van der Waals surface area contributed by atoms with Gasteiger partial charge in [-0.15, -0.1) is 0 Å². The second kappa shape index (κ2) is 11.7. The van der Waals surface area contributed by atoms with Crippen LogP contribution in [-0.2, 0) is 9.53 Å². The summed E-state index contributed by atoms with van der Waals surface area (Å²) in [6.45, 7) is 3.89. The number of benzene rings is 2. The van der Waals surface area contributed by atoms with Gasteiger partial charge < -0.3 is 14.2 Å². The van der Waals surface area contributed by atoms with Gasteiger partial charge in [0.2, 0.25) is 0 Å². The van der Waals surface area contributed by atoms with Gasteiger partial charge in [0, 0.05) is 10.4 Å². The van der Waals surface area contributed by atoms with Gasteiger partial charge in [0.1, 0.15) is 5.82 Å². The number of rotatable bonds is 8. The highest BCUT2D eigenvalue weighted by atomic mass is 79.9. The molecule has 3 aromatic rings. The van der Waals surface area contributed by atoms with Crippen molar-refractivity contribution in [1.82, 2.24) is 9.66 Å². The van der Waals surface area contributed by atoms with E-state index >= 15 is 0 Å². The Balaban J connectivity index is 1.73. The van der Waals surface area contributed by atoms with E-state index in [1.165, 1.54) is 18.2 Å². The molecule has 1 aliphatic carbocycles. The number of carbonyl (C=O) groups is 1. The highest BCUT2D eigenvalue weighted by Crippen LogP contribution is 2.32. The Labute approximate surface area is 218 Å². The van der Waals surface area contributed by atoms with Gasteiger partial charge >= 0.3 is 5.97 Å². The lowest BCUT2D eigenvalue weighted by Crippen LogP contribution is -2.25. The lowest BCUT2D eigenvalue weighted by atomic mass is 9.88. The predicted molar refractivity (Wildman–Crippen MR) is 142 cm³/mol. The fraction of sp³-hybridized carbons (Fsp3) is 0.407. The van der Waals surface area contributed by atoms with Gasteiger partial charge in [-0.2, -0.15) is 9.78 Å². The number of methoxy groups -OCH3 is 1. The maximum absolute atomic E-state index is 13.5. The second-order valence-electron chi connectivity index (χ2n) is 8.75. The fourth-order valence-electron chi connectivity index (χ4n) is 4.40. The summed E-state index contributed by atoms with van der Waals surface area (Å²) in [5.74, 6) is 1.30. The number of fused-ring (bicyclic) bond motifs is 1. The average Bonchev–Trinajstić information content (AvgIpc) is 2.89. The number of halogens is 1. The van der Waals surface area contributed by atoms with Crippen molar-refractivity contribution >= 4 is 39.0 Å². The Bertz CT molecular complexity index is 1330. The van der Waals surface area contributed by atoms with Crippen LogP contribution >= 0.6 is 15.9 Å². The lowest BCUT2D eigenvalue weighted by Gasteiger charge is -2.22. The molecule has 1 aliphatic rings. The molecule has 9 heteroatoms. The van der Waals surface area contributed by atoms with Gasteiger partial charge in [0.05, 0.1) is 30.8 Å². The molecule has 0 spiro atoms. The summed E-state index contributed by atoms with van der Waals surface area (Å²) >= 11 is 3.45. The largest absolute Gasteiger partial charge is 0.490 e. The van der Waals surface area contributed by atoms with Crippen molar-refractivity contribution in [3.05, 3.63) is 62.6 Å². The third-order valence-corrected chi connectivity index (χ3v) is 6.72. The second-order valence-corrected chi connectivity index (χ2v) is 9.67. The van der Waals surface area contributed by atoms with Gasteiger partial charge in [-0.25, -0.2) is 9.78 Å². The maximum atomic E-state index is 13.5. The van der Waals surface area contributed by atoms with Crippen molar-refractivity contribution in [3.8, 4) is 11.5 Å². The van der Waals surface area contributed by atoms with E-state index in [1.807, 2.05) is 19.1 Å². The van der Waals surface area contributed by atoms with Crippen LogP contribution in [0.3, 0.4) is 0 Å². The third-order valence-electron chi connectivity index (χ3n) is 6.23. The van der Waals surface area contributed by atoms with Crippen molar-refractivity contribution < 1.29 is 19.0 Å². The van der Waals surface area contributed by atoms with Crippen LogP contribution in [0.1, 0.15) is 63.3 Å². The smallest absolute Gasteiger partial charge is 0.346 e. The third kappa shape index (κ3) is 5.78. The number of carbonyl (C=O) groups excluding carboxylic acids is 1. The van der Waals surface area contributed by atoms with E-state index in [4.69, 9.17) is 19.2 Å². The molecule has 2 aromatic carbocycles. The van der Waals surface area contributed by atoms with Gasteiger partial charge in [0.15, 0.2) is 17.6 Å². The van der Waals surface area contributed by atoms with Crippen LogP contribution in [0.4, 0.5) is 0 Å². The first-order chi connectivity index (χ1) is 17.4. The molecule has 0 radical (unpaired) electrons. The van der Waals surface area contributed by atoms with Crippen LogP contribution in [0.5, 0.6) is 11.5 Å². The molecule has 1 saturated carbocycles. The zero-order chi connectivity index (χ0) is 25.7. The summed E-state index contributed by atoms with van der Waals surface area (Å²) in [5.41, 5.74) is 1.19. The molecule has 0 N–H and O–H groups in total. The number of esters is 1. The normalized spacial score (nSPS) is 15.2. The van der Waals surface area contributed by atoms with Crippen LogP contribution in [0.25, 0.3) is 10.9 Å². The maximum Gasteiger partial charge on any atom is 0.346 e. The minimum absolute atomic E-state index is 0.186. The molecule has 1 heterocycles. The SMILES string of the molecule is CCOc1cc(C=Nn2c(C3CCCCC3)nc3ccc(Br)cc3c2=O)ccc1O[C@H](C)C(=O)OC. The number of nitrogens with zero attached hydrogens (tertiary/aromatic N) is 3. The summed E-state index contributed by atoms with van der Waals surface area (Å²) in [6.07, 6.45) is 6.25. The fourth-order valence-corrected chi connectivity index (χ4v) is 4.76. The van der Waals surface area contributed by atoms with E-state index in [1.54, 1.807) is 37.4 Å². The number of ether oxygens (including phenoxy) is 3. The Morgan fingerprint density at radius 2 is 1.97 bits per heavy atom. The van der Waals surface area contributed by atoms with E-state index in [9.17, 15) is 9.59 Å². The molecule has 8 nitrogen and oxygen atoms in total. The molecule has 4 rings (SSSR count). The van der Waals surface area contributed by atoms with Crippen molar-refractivity contribution in [2.45, 2.75) is 58.0 Å². The molecule has 1 fully saturated rings.